The Morgan fingerprint density at radius 2 is 1.97 bits per heavy atom. The first-order chi connectivity index (χ1) is 16.6. The van der Waals surface area contributed by atoms with Crippen LogP contribution in [0, 0.1) is 5.41 Å². The zero-order chi connectivity index (χ0) is 23.9. The highest BCUT2D eigenvalue weighted by Gasteiger charge is 2.17. The first-order valence-electron chi connectivity index (χ1n) is 12.3. The molecule has 3 aromatic heterocycles. The van der Waals surface area contributed by atoms with Gasteiger partial charge in [-0.1, -0.05) is 32.3 Å². The van der Waals surface area contributed by atoms with E-state index >= 15 is 0 Å². The van der Waals surface area contributed by atoms with Crippen molar-refractivity contribution in [2.75, 3.05) is 39.4 Å². The predicted molar refractivity (Wildman–Crippen MR) is 131 cm³/mol. The van der Waals surface area contributed by atoms with Crippen LogP contribution < -0.4 is 16.4 Å². The van der Waals surface area contributed by atoms with E-state index in [0.717, 1.165) is 65.0 Å². The molecule has 1 aliphatic rings. The average molecular weight is 467 g/mol. The number of morpholine rings is 1. The van der Waals surface area contributed by atoms with E-state index in [1.165, 1.54) is 10.5 Å². The summed E-state index contributed by atoms with van der Waals surface area (Å²) < 4.78 is 8.58. The molecule has 9 heteroatoms. The van der Waals surface area contributed by atoms with Crippen LogP contribution in [0.5, 0.6) is 0 Å². The van der Waals surface area contributed by atoms with Gasteiger partial charge in [-0.3, -0.25) is 24.3 Å². The Labute approximate surface area is 198 Å². The summed E-state index contributed by atoms with van der Waals surface area (Å²) in [6, 6.07) is 6.93. The highest BCUT2D eigenvalue weighted by molar-refractivity contribution is 5.96. The number of fused-ring (bicyclic) bond motifs is 2. The van der Waals surface area contributed by atoms with Crippen LogP contribution in [-0.2, 0) is 11.3 Å². The second-order valence-corrected chi connectivity index (χ2v) is 8.77. The molecule has 1 saturated heterocycles. The lowest BCUT2D eigenvalue weighted by molar-refractivity contribution is 0.0374. The van der Waals surface area contributed by atoms with Crippen LogP contribution in [0.25, 0.3) is 16.7 Å². The molecule has 3 aromatic rings. The number of hydrogen-bond acceptors (Lipinski definition) is 6. The second kappa shape index (κ2) is 11.4. The van der Waals surface area contributed by atoms with Crippen molar-refractivity contribution in [3.8, 4) is 0 Å². The van der Waals surface area contributed by atoms with E-state index in [-0.39, 0.29) is 22.5 Å². The second-order valence-electron chi connectivity index (χ2n) is 8.77. The van der Waals surface area contributed by atoms with Crippen LogP contribution in [0.3, 0.4) is 0 Å². The number of rotatable bonds is 10. The van der Waals surface area contributed by atoms with Gasteiger partial charge >= 0.3 is 0 Å². The largest absolute Gasteiger partial charge is 0.379 e. The van der Waals surface area contributed by atoms with Gasteiger partial charge in [0.15, 0.2) is 0 Å². The van der Waals surface area contributed by atoms with Crippen molar-refractivity contribution in [2.24, 2.45) is 0 Å². The average Bonchev–Trinajstić information content (AvgIpc) is 2.86. The van der Waals surface area contributed by atoms with E-state index in [1.807, 2.05) is 6.07 Å². The topological polar surface area (TPSA) is 105 Å². The van der Waals surface area contributed by atoms with Gasteiger partial charge in [-0.15, -0.1) is 0 Å². The summed E-state index contributed by atoms with van der Waals surface area (Å²) in [5.74, 6) is -0.325. The normalized spacial score (nSPS) is 14.6. The van der Waals surface area contributed by atoms with Crippen molar-refractivity contribution in [2.45, 2.75) is 45.6 Å². The monoisotopic (exact) mass is 466 g/mol. The summed E-state index contributed by atoms with van der Waals surface area (Å²) in [5.41, 5.74) is 1.07. The number of amides is 1. The molecule has 0 spiro atoms. The quantitative estimate of drug-likeness (QED) is 0.352. The van der Waals surface area contributed by atoms with Crippen molar-refractivity contribution in [1.29, 1.82) is 5.41 Å². The molecule has 2 N–H and O–H groups in total. The van der Waals surface area contributed by atoms with Gasteiger partial charge in [0.25, 0.3) is 11.5 Å². The molecule has 182 valence electrons. The number of hydrogen-bond donors (Lipinski definition) is 2. The van der Waals surface area contributed by atoms with Crippen LogP contribution >= 0.6 is 0 Å². The molecule has 34 heavy (non-hydrogen) atoms. The maximum absolute atomic E-state index is 13.2. The molecular weight excluding hydrogens is 432 g/mol. The number of aryl methyl sites for hydroxylation is 1. The Hall–Kier alpha value is -3.04. The summed E-state index contributed by atoms with van der Waals surface area (Å²) in [5, 5.41) is 12.1. The number of carbonyl (C=O) groups excluding carboxylic acids is 1. The molecule has 0 saturated carbocycles. The van der Waals surface area contributed by atoms with Crippen LogP contribution in [0.15, 0.2) is 35.3 Å². The minimum absolute atomic E-state index is 0.0989. The van der Waals surface area contributed by atoms with Crippen molar-refractivity contribution in [3.63, 3.8) is 0 Å². The van der Waals surface area contributed by atoms with Gasteiger partial charge in [0.1, 0.15) is 16.8 Å². The maximum atomic E-state index is 13.2. The molecule has 0 unspecified atom stereocenters. The molecule has 9 nitrogen and oxygen atoms in total. The van der Waals surface area contributed by atoms with Crippen LogP contribution in [0.4, 0.5) is 0 Å². The third kappa shape index (κ3) is 5.37. The third-order valence-electron chi connectivity index (χ3n) is 6.34. The molecule has 1 amide bonds. The molecule has 0 radical (unpaired) electrons. The Balaban J connectivity index is 1.61. The predicted octanol–water partition coefficient (Wildman–Crippen LogP) is 2.16. The van der Waals surface area contributed by atoms with Crippen LogP contribution in [0.2, 0.25) is 0 Å². The van der Waals surface area contributed by atoms with Crippen LogP contribution in [0.1, 0.15) is 49.4 Å². The molecule has 0 aromatic carbocycles. The van der Waals surface area contributed by atoms with Crippen molar-refractivity contribution < 1.29 is 9.53 Å². The Morgan fingerprint density at radius 1 is 1.15 bits per heavy atom. The lowest BCUT2D eigenvalue weighted by atomic mass is 10.1. The number of aromatic nitrogens is 3. The number of nitrogens with one attached hydrogen (secondary N) is 2. The molecule has 0 bridgehead atoms. The van der Waals surface area contributed by atoms with Gasteiger partial charge in [-0.05, 0) is 37.6 Å². The van der Waals surface area contributed by atoms with Gasteiger partial charge in [0.2, 0.25) is 0 Å². The SMILES string of the molecule is CCCCCCn1c(=N)c(C(=O)NCCCN2CCOCC2)cc2c(=O)n3ccccc3nc21. The highest BCUT2D eigenvalue weighted by Crippen LogP contribution is 2.12. The van der Waals surface area contributed by atoms with E-state index < -0.39 is 0 Å². The van der Waals surface area contributed by atoms with Gasteiger partial charge in [0, 0.05) is 32.4 Å². The smallest absolute Gasteiger partial charge is 0.267 e. The fourth-order valence-corrected chi connectivity index (χ4v) is 4.40. The lowest BCUT2D eigenvalue weighted by Crippen LogP contribution is -2.39. The number of carbonyl (C=O) groups is 1. The van der Waals surface area contributed by atoms with E-state index in [9.17, 15) is 9.59 Å². The molecule has 4 rings (SSSR count). The van der Waals surface area contributed by atoms with E-state index in [0.29, 0.717) is 29.8 Å². The summed E-state index contributed by atoms with van der Waals surface area (Å²) in [7, 11) is 0. The first kappa shape index (κ1) is 24.1. The molecule has 1 aliphatic heterocycles. The number of nitrogens with zero attached hydrogens (tertiary/aromatic N) is 4. The van der Waals surface area contributed by atoms with Gasteiger partial charge in [0.05, 0.1) is 24.2 Å². The minimum Gasteiger partial charge on any atom is -0.379 e. The van der Waals surface area contributed by atoms with Crippen LogP contribution in [-0.4, -0.2) is 64.2 Å². The van der Waals surface area contributed by atoms with E-state index in [4.69, 9.17) is 10.1 Å². The Morgan fingerprint density at radius 3 is 2.76 bits per heavy atom. The third-order valence-corrected chi connectivity index (χ3v) is 6.34. The fourth-order valence-electron chi connectivity index (χ4n) is 4.40. The van der Waals surface area contributed by atoms with Crippen molar-refractivity contribution >= 4 is 22.6 Å². The Bertz CT molecular complexity index is 1260. The minimum atomic E-state index is -0.325. The molecule has 0 aliphatic carbocycles. The summed E-state index contributed by atoms with van der Waals surface area (Å²) in [4.78, 5) is 33.3. The molecule has 1 fully saturated rings. The standard InChI is InChI=1S/C25H34N6O3/c1-2-3-4-6-13-31-22(26)19(24(32)27-10-8-11-29-14-16-34-17-15-29)18-20-23(31)28-21-9-5-7-12-30(21)25(20)33/h5,7,9,12,18,26H,2-4,6,8,10-11,13-17H2,1H3,(H,27,32). The fraction of sp³-hybridized carbons (Fsp3) is 0.520. The highest BCUT2D eigenvalue weighted by atomic mass is 16.5. The van der Waals surface area contributed by atoms with Crippen molar-refractivity contribution in [3.05, 3.63) is 51.9 Å². The molecule has 4 heterocycles. The summed E-state index contributed by atoms with van der Waals surface area (Å²) in [6.45, 7) is 7.43. The zero-order valence-corrected chi connectivity index (χ0v) is 19.9. The first-order valence-corrected chi connectivity index (χ1v) is 12.3. The maximum Gasteiger partial charge on any atom is 0.267 e. The van der Waals surface area contributed by atoms with Crippen molar-refractivity contribution in [1.82, 2.24) is 24.2 Å². The number of unbranched alkanes of at least 4 members (excludes halogenated alkanes) is 3. The van der Waals surface area contributed by atoms with E-state index in [2.05, 4.69) is 22.1 Å². The number of pyridine rings is 2. The zero-order valence-electron chi connectivity index (χ0n) is 19.9. The molecule has 0 atom stereocenters. The lowest BCUT2D eigenvalue weighted by Gasteiger charge is -2.26. The molecular formula is C25H34N6O3. The summed E-state index contributed by atoms with van der Waals surface area (Å²) in [6.07, 6.45) is 6.59. The van der Waals surface area contributed by atoms with Gasteiger partial charge in [-0.25, -0.2) is 4.98 Å². The summed E-state index contributed by atoms with van der Waals surface area (Å²) >= 11 is 0. The number of ether oxygens (including phenoxy) is 1. The van der Waals surface area contributed by atoms with Gasteiger partial charge < -0.3 is 14.6 Å². The Kier molecular flexibility index (Phi) is 8.08. The van der Waals surface area contributed by atoms with E-state index in [1.54, 1.807) is 22.9 Å². The van der Waals surface area contributed by atoms with Gasteiger partial charge in [-0.2, -0.15) is 0 Å².